The Morgan fingerprint density at radius 2 is 1.05 bits per heavy atom. The highest BCUT2D eigenvalue weighted by Crippen LogP contribution is 2.29. The molecule has 446 valence electrons. The van der Waals surface area contributed by atoms with Crippen LogP contribution in [0.25, 0.3) is 44.4 Å². The molecule has 0 unspecified atom stereocenters. The van der Waals surface area contributed by atoms with Crippen LogP contribution in [0.3, 0.4) is 0 Å². The minimum Gasteiger partial charge on any atom is -0.460 e. The number of halogens is 4. The quantitative estimate of drug-likeness (QED) is 0.0147. The Balaban J connectivity index is 0.000000215. The fourth-order valence-corrected chi connectivity index (χ4v) is 8.83. The number of terminal acetylenes is 1. The van der Waals surface area contributed by atoms with Crippen LogP contribution in [-0.4, -0.2) is 69.0 Å². The van der Waals surface area contributed by atoms with Crippen molar-refractivity contribution in [1.29, 1.82) is 0 Å². The molecule has 3 N–H and O–H groups in total. The molecule has 2 atom stereocenters. The van der Waals surface area contributed by atoms with E-state index in [4.69, 9.17) is 35.7 Å². The highest BCUT2D eigenvalue weighted by atomic mass is 19.1. The summed E-state index contributed by atoms with van der Waals surface area (Å²) in [6.07, 6.45) is 7.72. The van der Waals surface area contributed by atoms with Crippen LogP contribution < -0.4 is 11.1 Å². The molecule has 0 saturated heterocycles. The number of esters is 2. The molecule has 9 aromatic rings. The number of fused-ring (bicyclic) bond motifs is 2. The number of benzene rings is 6. The van der Waals surface area contributed by atoms with Crippen LogP contribution in [0.2, 0.25) is 0 Å². The first-order valence-corrected chi connectivity index (χ1v) is 27.4. The Hall–Kier alpha value is -9.58. The lowest BCUT2D eigenvalue weighted by Gasteiger charge is -2.19. The summed E-state index contributed by atoms with van der Waals surface area (Å²) < 4.78 is 71.7. The lowest BCUT2D eigenvalue weighted by molar-refractivity contribution is -0.156. The van der Waals surface area contributed by atoms with E-state index in [1.807, 2.05) is 41.5 Å². The van der Waals surface area contributed by atoms with Crippen molar-refractivity contribution in [3.63, 3.8) is 0 Å². The number of nitrogens with zero attached hydrogens (tertiary/aromatic N) is 6. The summed E-state index contributed by atoms with van der Waals surface area (Å²) in [5.74, 6) is 1.12. The Morgan fingerprint density at radius 3 is 1.49 bits per heavy atom. The second-order valence-corrected chi connectivity index (χ2v) is 21.8. The molecule has 0 spiro atoms. The molecule has 0 aliphatic rings. The van der Waals surface area contributed by atoms with Crippen LogP contribution in [-0.2, 0) is 31.9 Å². The highest BCUT2D eigenvalue weighted by Gasteiger charge is 2.22. The molecule has 0 amide bonds. The normalized spacial score (nSPS) is 12.2. The number of hydrogen-bond donors (Lipinski definition) is 3. The second-order valence-electron chi connectivity index (χ2n) is 21.8. The van der Waals surface area contributed by atoms with E-state index in [0.717, 1.165) is 0 Å². The maximum absolute atomic E-state index is 13.7. The molecular weight excluding hydrogens is 1110 g/mol. The van der Waals surface area contributed by atoms with Gasteiger partial charge >= 0.3 is 11.9 Å². The summed E-state index contributed by atoms with van der Waals surface area (Å²) in [5, 5.41) is 36.4. The minimum atomic E-state index is -1.14. The van der Waals surface area contributed by atoms with Crippen molar-refractivity contribution in [2.24, 2.45) is 5.16 Å². The fourth-order valence-electron chi connectivity index (χ4n) is 8.83. The number of carbonyl (C=O) groups excluding carboxylic acids is 2. The average Bonchev–Trinajstić information content (AvgIpc) is 1.10. The van der Waals surface area contributed by atoms with Gasteiger partial charge in [-0.3, -0.25) is 28.3 Å². The van der Waals surface area contributed by atoms with Crippen LogP contribution in [0.4, 0.5) is 17.6 Å². The molecule has 0 bridgehead atoms. The average molecular weight is 1180 g/mol. The van der Waals surface area contributed by atoms with Gasteiger partial charge in [-0.25, -0.2) is 27.5 Å². The van der Waals surface area contributed by atoms with Crippen molar-refractivity contribution in [2.75, 3.05) is 0 Å². The van der Waals surface area contributed by atoms with Crippen molar-refractivity contribution in [3.8, 4) is 35.0 Å². The molecule has 3 heterocycles. The van der Waals surface area contributed by atoms with Crippen molar-refractivity contribution in [1.82, 2.24) is 24.3 Å². The predicted molar refractivity (Wildman–Crippen MR) is 317 cm³/mol. The summed E-state index contributed by atoms with van der Waals surface area (Å²) in [7, 11) is 0. The van der Waals surface area contributed by atoms with Crippen molar-refractivity contribution < 1.29 is 56.6 Å². The lowest BCUT2D eigenvalue weighted by atomic mass is 10.0. The van der Waals surface area contributed by atoms with E-state index in [1.54, 1.807) is 42.5 Å². The number of ether oxygens (including phenoxy) is 2. The molecule has 0 saturated carbocycles. The van der Waals surface area contributed by atoms with E-state index in [2.05, 4.69) is 21.2 Å². The van der Waals surface area contributed by atoms with E-state index in [9.17, 15) is 41.8 Å². The Bertz CT molecular complexity index is 4000. The topological polar surface area (TPSA) is 221 Å². The number of rotatable bonds is 17. The molecular formula is C66H64F4N6O10. The maximum atomic E-state index is 13.7. The number of aryl methyl sites for hydroxylation is 2. The van der Waals surface area contributed by atoms with Gasteiger partial charge in [-0.05, 0) is 181 Å². The van der Waals surface area contributed by atoms with E-state index in [1.165, 1.54) is 112 Å². The van der Waals surface area contributed by atoms with E-state index >= 15 is 0 Å². The van der Waals surface area contributed by atoms with E-state index in [-0.39, 0.29) is 47.5 Å². The second kappa shape index (κ2) is 28.8. The molecule has 6 aromatic carbocycles. The zero-order valence-electron chi connectivity index (χ0n) is 48.1. The van der Waals surface area contributed by atoms with Crippen LogP contribution in [0.15, 0.2) is 159 Å². The largest absolute Gasteiger partial charge is 0.460 e. The molecule has 9 rings (SSSR count). The van der Waals surface area contributed by atoms with Crippen LogP contribution in [0.1, 0.15) is 126 Å². The molecule has 0 aliphatic heterocycles. The van der Waals surface area contributed by atoms with Crippen LogP contribution in [0, 0.1) is 35.6 Å². The molecule has 0 radical (unpaired) electrons. The number of aromatic nitrogens is 5. The van der Waals surface area contributed by atoms with Gasteiger partial charge in [-0.2, -0.15) is 0 Å². The van der Waals surface area contributed by atoms with Crippen molar-refractivity contribution in [3.05, 3.63) is 218 Å². The van der Waals surface area contributed by atoms with Crippen LogP contribution in [0.5, 0.6) is 0 Å². The highest BCUT2D eigenvalue weighted by molar-refractivity contribution is 5.88. The number of hydrogen-bond acceptors (Lipinski definition) is 14. The maximum Gasteiger partial charge on any atom is 0.306 e. The minimum absolute atomic E-state index is 0.173. The molecule has 16 nitrogen and oxygen atoms in total. The lowest BCUT2D eigenvalue weighted by Crippen LogP contribution is -2.24. The van der Waals surface area contributed by atoms with E-state index < -0.39 is 40.9 Å². The van der Waals surface area contributed by atoms with Gasteiger partial charge in [-0.15, -0.1) is 6.42 Å². The molecule has 3 aromatic heterocycles. The first-order chi connectivity index (χ1) is 40.9. The first-order valence-electron chi connectivity index (χ1n) is 27.4. The Morgan fingerprint density at radius 1 is 0.616 bits per heavy atom. The zero-order valence-corrected chi connectivity index (χ0v) is 48.1. The van der Waals surface area contributed by atoms with Gasteiger partial charge in [0.2, 0.25) is 0 Å². The smallest absolute Gasteiger partial charge is 0.306 e. The summed E-state index contributed by atoms with van der Waals surface area (Å²) in [6, 6.07) is 33.7. The van der Waals surface area contributed by atoms with E-state index in [0.29, 0.717) is 111 Å². The number of unbranched alkanes of at least 4 members (excludes halogenated alkanes) is 2. The molecule has 0 aliphatic carbocycles. The van der Waals surface area contributed by atoms with Gasteiger partial charge < -0.3 is 29.4 Å². The Kier molecular flexibility index (Phi) is 21.4. The standard InChI is InChI=1S/C33H31F2N3O5.C24H26FN3O4.C9H7FO/c1-33(2,3)42-30(39)7-5-4-6-29-36-27-18-21(10-17-25(27)32(41)38(29)24-15-13-23(35)14-16-24)26-19-28(43-37-26)31(40)20-8-11-22(34)12-9-20;1-24(2,3)32-22(29)7-5-4-6-21-27-20-14-16(15-26-31)8-13-19(20)23(30)28(21)18-11-9-17(25)10-12-18;1-2-9(11)7-3-5-8(10)6-4-7/h8-19,31,40H,4-7H2,1-3H3;8-15,31H,4-7H2,1-3H3;1,3-6,9,11H/b;26-15+;/t31-;;9-/m0.1/s1. The summed E-state index contributed by atoms with van der Waals surface area (Å²) in [4.78, 5) is 60.6. The van der Waals surface area contributed by atoms with Crippen molar-refractivity contribution >= 4 is 40.0 Å². The van der Waals surface area contributed by atoms with Gasteiger partial charge in [0.1, 0.15) is 64.0 Å². The third-order valence-corrected chi connectivity index (χ3v) is 12.8. The first kappa shape index (κ1) is 64.0. The summed E-state index contributed by atoms with van der Waals surface area (Å²) >= 11 is 0. The van der Waals surface area contributed by atoms with Gasteiger partial charge in [0.05, 0.1) is 39.4 Å². The molecule has 0 fully saturated rings. The van der Waals surface area contributed by atoms with Gasteiger partial charge in [-0.1, -0.05) is 52.6 Å². The number of carbonyl (C=O) groups is 2. The third kappa shape index (κ3) is 17.7. The van der Waals surface area contributed by atoms with Gasteiger partial charge in [0, 0.05) is 37.3 Å². The predicted octanol–water partition coefficient (Wildman–Crippen LogP) is 12.3. The number of aliphatic hydroxyl groups is 2. The number of oxime groups is 1. The third-order valence-electron chi connectivity index (χ3n) is 12.8. The summed E-state index contributed by atoms with van der Waals surface area (Å²) in [6.45, 7) is 10.9. The molecule has 86 heavy (non-hydrogen) atoms. The fraction of sp³-hybridized carbons (Fsp3) is 0.273. The zero-order chi connectivity index (χ0) is 62.3. The monoisotopic (exact) mass is 1180 g/mol. The number of aliphatic hydroxyl groups excluding tert-OH is 2. The van der Waals surface area contributed by atoms with Crippen LogP contribution >= 0.6 is 0 Å². The molecule has 20 heteroatoms. The summed E-state index contributed by atoms with van der Waals surface area (Å²) in [5.41, 5.74) is 2.78. The van der Waals surface area contributed by atoms with Gasteiger partial charge in [0.25, 0.3) is 11.1 Å². The SMILES string of the molecule is C#C[C@@H](O)c1ccc(F)cc1.CC(C)(C)OC(=O)CCCCc1nc2cc(-c3cc([C@@H](O)c4ccc(F)cc4)on3)ccc2c(=O)n1-c1ccc(F)cc1.CC(C)(C)OC(=O)CCCCc1nc2cc(/C=N/O)ccc2c(=O)n1-c1ccc(F)cc1. The van der Waals surface area contributed by atoms with Crippen molar-refractivity contribution in [2.45, 2.75) is 116 Å². The van der Waals surface area contributed by atoms with Gasteiger partial charge in [0.15, 0.2) is 5.76 Å². The Labute approximate surface area is 493 Å².